The normalized spacial score (nSPS) is 11.7. The number of thiophene rings is 1. The van der Waals surface area contributed by atoms with Crippen LogP contribution in [0.5, 0.6) is 0 Å². The summed E-state index contributed by atoms with van der Waals surface area (Å²) in [6.07, 6.45) is 1.55. The lowest BCUT2D eigenvalue weighted by molar-refractivity contribution is -0.116. The van der Waals surface area contributed by atoms with Crippen LogP contribution in [0.2, 0.25) is 5.02 Å². The Morgan fingerprint density at radius 1 is 0.818 bits per heavy atom. The highest BCUT2D eigenvalue weighted by Gasteiger charge is 2.28. The van der Waals surface area contributed by atoms with Crippen molar-refractivity contribution in [3.8, 4) is 11.1 Å². The van der Waals surface area contributed by atoms with Gasteiger partial charge in [-0.15, -0.1) is 23.1 Å². The molecule has 11 heteroatoms. The van der Waals surface area contributed by atoms with Gasteiger partial charge in [-0.1, -0.05) is 108 Å². The maximum Gasteiger partial charge on any atom is 0.341 e. The Labute approximate surface area is 332 Å². The fourth-order valence-electron chi connectivity index (χ4n) is 5.57. The average molecular weight is 786 g/mol. The topological polar surface area (TPSA) is 114 Å². The Bertz CT molecular complexity index is 2350. The monoisotopic (exact) mass is 785 g/mol. The molecular weight excluding hydrogens is 750 g/mol. The number of ether oxygens (including phenoxy) is 1. The number of carbonyl (C=O) groups is 4. The number of anilines is 2. The lowest BCUT2D eigenvalue weighted by Gasteiger charge is -2.18. The van der Waals surface area contributed by atoms with Crippen LogP contribution < -0.4 is 16.0 Å². The van der Waals surface area contributed by atoms with Crippen molar-refractivity contribution in [2.45, 2.75) is 24.0 Å². The van der Waals surface area contributed by atoms with Crippen molar-refractivity contribution in [1.82, 2.24) is 5.32 Å². The van der Waals surface area contributed by atoms with Crippen molar-refractivity contribution in [2.75, 3.05) is 17.2 Å². The number of thioether (sulfide) groups is 1. The molecule has 5 aromatic carbocycles. The van der Waals surface area contributed by atoms with Crippen LogP contribution in [0, 0.1) is 6.92 Å². The quantitative estimate of drug-likeness (QED) is 0.0610. The number of hydrogen-bond acceptors (Lipinski definition) is 7. The summed E-state index contributed by atoms with van der Waals surface area (Å²) in [4.78, 5) is 55.1. The molecule has 1 heterocycles. The van der Waals surface area contributed by atoms with E-state index in [4.69, 9.17) is 16.3 Å². The Morgan fingerprint density at radius 3 is 2.24 bits per heavy atom. The number of rotatable bonds is 13. The molecule has 3 amide bonds. The van der Waals surface area contributed by atoms with E-state index in [0.717, 1.165) is 16.7 Å². The van der Waals surface area contributed by atoms with Gasteiger partial charge in [-0.25, -0.2) is 4.79 Å². The molecule has 6 rings (SSSR count). The molecule has 3 N–H and O–H groups in total. The molecule has 0 fully saturated rings. The maximum atomic E-state index is 14.2. The van der Waals surface area contributed by atoms with E-state index >= 15 is 0 Å². The number of aryl methyl sites for hydroxylation is 1. The zero-order valence-electron chi connectivity index (χ0n) is 29.9. The highest BCUT2D eigenvalue weighted by atomic mass is 35.5. The van der Waals surface area contributed by atoms with Crippen LogP contribution in [0.15, 0.2) is 149 Å². The predicted octanol–water partition coefficient (Wildman–Crippen LogP) is 10.4. The molecule has 8 nitrogen and oxygen atoms in total. The molecular formula is C44H36ClN3O5S2. The van der Waals surface area contributed by atoms with E-state index in [2.05, 4.69) is 16.0 Å². The predicted molar refractivity (Wildman–Crippen MR) is 223 cm³/mol. The summed E-state index contributed by atoms with van der Waals surface area (Å²) in [6, 6.07) is 39.7. The SMILES string of the molecule is CCOC(=O)c1c(-c2ccc(C)cc2)csc1NC(=O)C(Sc1cccc(NC(=O)/C(=C/c2cccc(Cl)c2)NC(=O)c2ccccc2)c1)c1ccccc1. The highest BCUT2D eigenvalue weighted by molar-refractivity contribution is 8.00. The van der Waals surface area contributed by atoms with Crippen LogP contribution in [-0.4, -0.2) is 30.3 Å². The molecule has 1 aromatic heterocycles. The van der Waals surface area contributed by atoms with Crippen molar-refractivity contribution in [3.05, 3.63) is 177 Å². The van der Waals surface area contributed by atoms with Crippen LogP contribution >= 0.6 is 34.7 Å². The van der Waals surface area contributed by atoms with Crippen molar-refractivity contribution in [1.29, 1.82) is 0 Å². The summed E-state index contributed by atoms with van der Waals surface area (Å²) in [5, 5.41) is 10.6. The maximum absolute atomic E-state index is 14.2. The van der Waals surface area contributed by atoms with Gasteiger partial charge < -0.3 is 20.7 Å². The van der Waals surface area contributed by atoms with Gasteiger partial charge in [0.1, 0.15) is 21.5 Å². The van der Waals surface area contributed by atoms with Crippen molar-refractivity contribution in [3.63, 3.8) is 0 Å². The van der Waals surface area contributed by atoms with E-state index in [1.165, 1.54) is 23.1 Å². The Balaban J connectivity index is 1.26. The third-order valence-electron chi connectivity index (χ3n) is 8.24. The number of hydrogen-bond donors (Lipinski definition) is 3. The van der Waals surface area contributed by atoms with Crippen molar-refractivity contribution in [2.24, 2.45) is 0 Å². The number of halogens is 1. The van der Waals surface area contributed by atoms with Gasteiger partial charge in [0.05, 0.1) is 6.61 Å². The molecule has 1 atom stereocenters. The first kappa shape index (κ1) is 38.8. The summed E-state index contributed by atoms with van der Waals surface area (Å²) < 4.78 is 5.42. The molecule has 6 aromatic rings. The summed E-state index contributed by atoms with van der Waals surface area (Å²) in [5.74, 6) is -1.88. The standard InChI is InChI=1S/C44H36ClN3O5S2/c1-3-53-44(52)38-36(30-22-20-28(2)21-23-30)27-54-43(38)48-42(51)39(31-13-6-4-7-14-31)55-35-19-11-18-34(26-35)46-41(50)37(25-29-12-10-17-33(45)24-29)47-40(49)32-15-8-5-9-16-32/h4-27,39H,3H2,1-2H3,(H,46,50)(H,47,49)(H,48,51)/b37-25-. The highest BCUT2D eigenvalue weighted by Crippen LogP contribution is 2.40. The van der Waals surface area contributed by atoms with Gasteiger partial charge in [-0.05, 0) is 79.1 Å². The molecule has 0 bridgehead atoms. The fraction of sp³-hybridized carbons (Fsp3) is 0.0909. The molecule has 0 saturated heterocycles. The summed E-state index contributed by atoms with van der Waals surface area (Å²) in [5.41, 5.74) is 5.09. The Kier molecular flexibility index (Phi) is 13.0. The van der Waals surface area contributed by atoms with E-state index in [1.54, 1.807) is 85.8 Å². The molecule has 0 aliphatic heterocycles. The first-order valence-corrected chi connectivity index (χ1v) is 19.5. The largest absolute Gasteiger partial charge is 0.462 e. The number of benzene rings is 5. The molecule has 1 unspecified atom stereocenters. The molecule has 55 heavy (non-hydrogen) atoms. The van der Waals surface area contributed by atoms with Crippen molar-refractivity contribution >= 4 is 75.2 Å². The minimum atomic E-state index is -0.740. The lowest BCUT2D eigenvalue weighted by Crippen LogP contribution is -2.30. The van der Waals surface area contributed by atoms with E-state index in [9.17, 15) is 19.2 Å². The van der Waals surface area contributed by atoms with Crippen LogP contribution in [0.25, 0.3) is 17.2 Å². The lowest BCUT2D eigenvalue weighted by atomic mass is 10.0. The minimum absolute atomic E-state index is 0.00840. The van der Waals surface area contributed by atoms with E-state index < -0.39 is 23.0 Å². The number of carbonyl (C=O) groups excluding carboxylic acids is 4. The molecule has 0 radical (unpaired) electrons. The van der Waals surface area contributed by atoms with Crippen molar-refractivity contribution < 1.29 is 23.9 Å². The van der Waals surface area contributed by atoms with Gasteiger partial charge >= 0.3 is 5.97 Å². The van der Waals surface area contributed by atoms with Gasteiger partial charge in [0.25, 0.3) is 11.8 Å². The summed E-state index contributed by atoms with van der Waals surface area (Å²) >= 11 is 8.75. The first-order valence-electron chi connectivity index (χ1n) is 17.3. The van der Waals surface area contributed by atoms with Gasteiger partial charge in [-0.2, -0.15) is 0 Å². The van der Waals surface area contributed by atoms with E-state index in [0.29, 0.717) is 42.9 Å². The molecule has 0 saturated carbocycles. The second-order valence-corrected chi connectivity index (χ2v) is 14.7. The van der Waals surface area contributed by atoms with E-state index in [1.807, 2.05) is 73.0 Å². The number of amides is 3. The molecule has 276 valence electrons. The zero-order valence-corrected chi connectivity index (χ0v) is 32.3. The van der Waals surface area contributed by atoms with Crippen LogP contribution in [0.4, 0.5) is 10.7 Å². The molecule has 0 spiro atoms. The Morgan fingerprint density at radius 2 is 1.53 bits per heavy atom. The average Bonchev–Trinajstić information content (AvgIpc) is 3.61. The van der Waals surface area contributed by atoms with Gasteiger partial charge in [0.15, 0.2) is 0 Å². The first-order chi connectivity index (χ1) is 26.7. The number of esters is 1. The van der Waals surface area contributed by atoms with Gasteiger partial charge in [0.2, 0.25) is 5.91 Å². The molecule has 0 aliphatic carbocycles. The smallest absolute Gasteiger partial charge is 0.341 e. The summed E-state index contributed by atoms with van der Waals surface area (Å²) in [7, 11) is 0. The fourth-order valence-corrected chi connectivity index (χ4v) is 7.81. The van der Waals surface area contributed by atoms with E-state index in [-0.39, 0.29) is 18.2 Å². The van der Waals surface area contributed by atoms with Gasteiger partial charge in [0, 0.05) is 32.1 Å². The van der Waals surface area contributed by atoms with Gasteiger partial charge in [-0.3, -0.25) is 14.4 Å². The minimum Gasteiger partial charge on any atom is -0.462 e. The van der Waals surface area contributed by atoms with Crippen LogP contribution in [0.3, 0.4) is 0 Å². The third kappa shape index (κ3) is 10.2. The Hall–Kier alpha value is -5.94. The third-order valence-corrected chi connectivity index (χ3v) is 10.6. The second kappa shape index (κ2) is 18.4. The zero-order chi connectivity index (χ0) is 38.7. The second-order valence-electron chi connectivity index (χ2n) is 12.3. The number of nitrogens with one attached hydrogen (secondary N) is 3. The summed E-state index contributed by atoms with van der Waals surface area (Å²) in [6.45, 7) is 3.91. The van der Waals surface area contributed by atoms with Crippen LogP contribution in [-0.2, 0) is 14.3 Å². The molecule has 0 aliphatic rings. The van der Waals surface area contributed by atoms with Crippen LogP contribution in [0.1, 0.15) is 49.6 Å².